The van der Waals surface area contributed by atoms with Gasteiger partial charge in [0.05, 0.1) is 0 Å². The van der Waals surface area contributed by atoms with Crippen molar-refractivity contribution in [3.8, 4) is 10.6 Å². The van der Waals surface area contributed by atoms with Crippen molar-refractivity contribution in [2.75, 3.05) is 0 Å². The van der Waals surface area contributed by atoms with E-state index in [9.17, 15) is 0 Å². The first kappa shape index (κ1) is 9.81. The summed E-state index contributed by atoms with van der Waals surface area (Å²) >= 11 is 6.03. The average Bonchev–Trinajstić information content (AvgIpc) is 2.73. The minimum Gasteiger partial charge on any atom is -0.244 e. The molecule has 78 valence electrons. The molecule has 0 N–H and O–H groups in total. The molecule has 1 aromatic carbocycles. The van der Waals surface area contributed by atoms with Gasteiger partial charge in [-0.3, -0.25) is 0 Å². The molecule has 0 radical (unpaired) electrons. The van der Waals surface area contributed by atoms with Gasteiger partial charge in [0.2, 0.25) is 0 Å². The molecule has 0 unspecified atom stereocenters. The van der Waals surface area contributed by atoms with E-state index in [1.54, 1.807) is 17.5 Å². The minimum atomic E-state index is 0.944. The smallest absolute Gasteiger partial charge is 0.143 e. The van der Waals surface area contributed by atoms with Crippen LogP contribution in [-0.4, -0.2) is 9.97 Å². The van der Waals surface area contributed by atoms with Gasteiger partial charge in [-0.25, -0.2) is 9.97 Å². The summed E-state index contributed by atoms with van der Waals surface area (Å²) in [5.41, 5.74) is 2.01. The minimum absolute atomic E-state index is 0.944. The maximum atomic E-state index is 4.55. The van der Waals surface area contributed by atoms with Crippen LogP contribution in [0.2, 0.25) is 0 Å². The van der Waals surface area contributed by atoms with Crippen LogP contribution in [0.4, 0.5) is 0 Å². The Kier molecular flexibility index (Phi) is 2.38. The second kappa shape index (κ2) is 3.88. The summed E-state index contributed by atoms with van der Waals surface area (Å²) in [4.78, 5) is 10.8. The van der Waals surface area contributed by atoms with Crippen molar-refractivity contribution in [3.05, 3.63) is 42.6 Å². The van der Waals surface area contributed by atoms with E-state index in [0.717, 1.165) is 25.8 Å². The summed E-state index contributed by atoms with van der Waals surface area (Å²) in [5, 5.41) is 0.972. The molecule has 0 aliphatic rings. The van der Waals surface area contributed by atoms with Crippen molar-refractivity contribution in [2.45, 2.75) is 4.90 Å². The van der Waals surface area contributed by atoms with E-state index in [-0.39, 0.29) is 0 Å². The first-order valence-corrected chi connectivity index (χ1v) is 6.11. The number of aromatic nitrogens is 2. The van der Waals surface area contributed by atoms with E-state index < -0.39 is 0 Å². The van der Waals surface area contributed by atoms with Gasteiger partial charge in [-0.15, -0.1) is 12.6 Å². The third-order valence-corrected chi connectivity index (χ3v) is 3.70. The van der Waals surface area contributed by atoms with Crippen molar-refractivity contribution >= 4 is 34.3 Å². The molecule has 3 aromatic rings. The van der Waals surface area contributed by atoms with Crippen LogP contribution < -0.4 is 0 Å². The predicted molar refractivity (Wildman–Crippen MR) is 70.1 cm³/mol. The van der Waals surface area contributed by atoms with E-state index >= 15 is 0 Å². The average molecular weight is 244 g/mol. The lowest BCUT2D eigenvalue weighted by Gasteiger charge is -1.98. The highest BCUT2D eigenvalue weighted by Crippen LogP contribution is 2.32. The molecule has 0 amide bonds. The van der Waals surface area contributed by atoms with Gasteiger partial charge in [-0.1, -0.05) is 29.5 Å². The van der Waals surface area contributed by atoms with E-state index in [2.05, 4.69) is 22.6 Å². The lowest BCUT2D eigenvalue weighted by Crippen LogP contribution is -1.77. The summed E-state index contributed by atoms with van der Waals surface area (Å²) in [6, 6.07) is 11.8. The lowest BCUT2D eigenvalue weighted by atomic mass is 10.2. The van der Waals surface area contributed by atoms with Gasteiger partial charge in [0.1, 0.15) is 15.4 Å². The quantitative estimate of drug-likeness (QED) is 0.661. The monoisotopic (exact) mass is 244 g/mol. The van der Waals surface area contributed by atoms with Gasteiger partial charge < -0.3 is 0 Å². The predicted octanol–water partition coefficient (Wildman–Crippen LogP) is 3.65. The third-order valence-electron chi connectivity index (χ3n) is 2.30. The van der Waals surface area contributed by atoms with Crippen molar-refractivity contribution < 1.29 is 0 Å². The number of rotatable bonds is 1. The molecule has 2 nitrogen and oxygen atoms in total. The Hall–Kier alpha value is -1.39. The summed E-state index contributed by atoms with van der Waals surface area (Å²) in [7, 11) is 0. The number of thiazole rings is 1. The molecule has 4 heteroatoms. The van der Waals surface area contributed by atoms with Crippen LogP contribution in [0.5, 0.6) is 0 Å². The van der Waals surface area contributed by atoms with Crippen LogP contribution in [0, 0.1) is 0 Å². The van der Waals surface area contributed by atoms with Gasteiger partial charge in [0.25, 0.3) is 0 Å². The Morgan fingerprint density at radius 3 is 2.75 bits per heavy atom. The van der Waals surface area contributed by atoms with Gasteiger partial charge in [0, 0.05) is 16.7 Å². The SMILES string of the molecule is Sc1ccccc1-c1nc2cccnc2s1. The van der Waals surface area contributed by atoms with Crippen LogP contribution in [0.1, 0.15) is 0 Å². The van der Waals surface area contributed by atoms with E-state index in [1.807, 2.05) is 36.4 Å². The maximum Gasteiger partial charge on any atom is 0.143 e. The molecular formula is C12H8N2S2. The van der Waals surface area contributed by atoms with Gasteiger partial charge in [-0.2, -0.15) is 0 Å². The van der Waals surface area contributed by atoms with Gasteiger partial charge in [-0.05, 0) is 18.2 Å². The highest BCUT2D eigenvalue weighted by atomic mass is 32.1. The Morgan fingerprint density at radius 1 is 1.06 bits per heavy atom. The maximum absolute atomic E-state index is 4.55. The first-order chi connectivity index (χ1) is 7.84. The Bertz CT molecular complexity index is 613. The topological polar surface area (TPSA) is 25.8 Å². The number of hydrogen-bond acceptors (Lipinski definition) is 4. The molecule has 2 aromatic heterocycles. The van der Waals surface area contributed by atoms with Crippen LogP contribution in [0.25, 0.3) is 20.9 Å². The fourth-order valence-corrected chi connectivity index (χ4v) is 2.83. The number of benzene rings is 1. The number of fused-ring (bicyclic) bond motifs is 1. The van der Waals surface area contributed by atoms with E-state index in [1.165, 1.54) is 0 Å². The van der Waals surface area contributed by atoms with E-state index in [0.29, 0.717) is 0 Å². The molecule has 0 saturated carbocycles. The normalized spacial score (nSPS) is 10.8. The highest BCUT2D eigenvalue weighted by Gasteiger charge is 2.08. The van der Waals surface area contributed by atoms with Gasteiger partial charge in [0.15, 0.2) is 0 Å². The zero-order chi connectivity index (χ0) is 11.0. The highest BCUT2D eigenvalue weighted by molar-refractivity contribution is 7.80. The van der Waals surface area contributed by atoms with E-state index in [4.69, 9.17) is 0 Å². The number of thiol groups is 1. The van der Waals surface area contributed by atoms with Crippen molar-refractivity contribution in [1.82, 2.24) is 9.97 Å². The molecule has 0 aliphatic carbocycles. The van der Waals surface area contributed by atoms with Crippen LogP contribution in [0.3, 0.4) is 0 Å². The third kappa shape index (κ3) is 1.60. The zero-order valence-corrected chi connectivity index (χ0v) is 10.0. The summed E-state index contributed by atoms with van der Waals surface area (Å²) in [6.07, 6.45) is 1.79. The lowest BCUT2D eigenvalue weighted by molar-refractivity contribution is 1.38. The molecule has 3 rings (SSSR count). The number of pyridine rings is 1. The second-order valence-corrected chi connectivity index (χ2v) is 4.82. The standard InChI is InChI=1S/C12H8N2S2/c15-10-6-2-1-4-8(10)11-14-9-5-3-7-13-12(9)16-11/h1-7,15H. The van der Waals surface area contributed by atoms with Crippen molar-refractivity contribution in [3.63, 3.8) is 0 Å². The summed E-state index contributed by atoms with van der Waals surface area (Å²) in [6.45, 7) is 0. The number of nitrogens with zero attached hydrogens (tertiary/aromatic N) is 2. The first-order valence-electron chi connectivity index (χ1n) is 4.84. The number of hydrogen-bond donors (Lipinski definition) is 1. The largest absolute Gasteiger partial charge is 0.244 e. The second-order valence-electron chi connectivity index (χ2n) is 3.36. The molecule has 0 fully saturated rings. The zero-order valence-electron chi connectivity index (χ0n) is 8.29. The van der Waals surface area contributed by atoms with Crippen LogP contribution in [0.15, 0.2) is 47.5 Å². The molecule has 0 spiro atoms. The Balaban J connectivity index is 2.23. The van der Waals surface area contributed by atoms with Gasteiger partial charge >= 0.3 is 0 Å². The Labute approximate surface area is 102 Å². The molecule has 0 atom stereocenters. The van der Waals surface area contributed by atoms with Crippen molar-refractivity contribution in [2.24, 2.45) is 0 Å². The molecule has 16 heavy (non-hydrogen) atoms. The van der Waals surface area contributed by atoms with Crippen LogP contribution in [-0.2, 0) is 0 Å². The fraction of sp³-hybridized carbons (Fsp3) is 0. The molecule has 0 bridgehead atoms. The molecule has 2 heterocycles. The molecular weight excluding hydrogens is 236 g/mol. The molecule has 0 aliphatic heterocycles. The fourth-order valence-electron chi connectivity index (χ4n) is 1.54. The summed E-state index contributed by atoms with van der Waals surface area (Å²) in [5.74, 6) is 0. The Morgan fingerprint density at radius 2 is 1.94 bits per heavy atom. The van der Waals surface area contributed by atoms with Crippen molar-refractivity contribution in [1.29, 1.82) is 0 Å². The van der Waals surface area contributed by atoms with Crippen LogP contribution >= 0.6 is 24.0 Å². The summed E-state index contributed by atoms with van der Waals surface area (Å²) < 4.78 is 0. The molecule has 0 saturated heterocycles.